The molecule has 1 aliphatic carbocycles. The maximum atomic E-state index is 11.9. The van der Waals surface area contributed by atoms with Crippen molar-refractivity contribution in [1.82, 2.24) is 10.3 Å². The van der Waals surface area contributed by atoms with E-state index in [2.05, 4.69) is 42.2 Å². The fourth-order valence-electron chi connectivity index (χ4n) is 2.20. The molecule has 98 valence electrons. The van der Waals surface area contributed by atoms with Gasteiger partial charge in [0.15, 0.2) is 0 Å². The Hall–Kier alpha value is -0.420. The highest BCUT2D eigenvalue weighted by atomic mass is 79.9. The maximum absolute atomic E-state index is 11.9. The number of nitrogens with zero attached hydrogens (tertiary/aromatic N) is 1. The van der Waals surface area contributed by atoms with Gasteiger partial charge < -0.3 is 5.32 Å². The molecule has 2 rings (SSSR count). The third-order valence-corrected chi connectivity index (χ3v) is 4.64. The summed E-state index contributed by atoms with van der Waals surface area (Å²) < 4.78 is 0.829. The highest BCUT2D eigenvalue weighted by Crippen LogP contribution is 2.28. The number of amides is 1. The molecule has 1 N–H and O–H groups in total. The third-order valence-electron chi connectivity index (χ3n) is 3.29. The van der Waals surface area contributed by atoms with Gasteiger partial charge in [-0.1, -0.05) is 15.9 Å². The predicted molar refractivity (Wildman–Crippen MR) is 78.9 cm³/mol. The van der Waals surface area contributed by atoms with Crippen LogP contribution in [0.2, 0.25) is 0 Å². The summed E-state index contributed by atoms with van der Waals surface area (Å²) in [5, 5.41) is 3.00. The first-order valence-electron chi connectivity index (χ1n) is 6.18. The predicted octanol–water partition coefficient (Wildman–Crippen LogP) is 3.53. The van der Waals surface area contributed by atoms with Gasteiger partial charge in [0.2, 0.25) is 0 Å². The molecule has 0 aliphatic heterocycles. The molecule has 18 heavy (non-hydrogen) atoms. The van der Waals surface area contributed by atoms with E-state index in [1.807, 2.05) is 0 Å². The average molecular weight is 376 g/mol. The number of aromatic nitrogens is 1. The molecule has 5 heteroatoms. The Morgan fingerprint density at radius 3 is 2.72 bits per heavy atom. The van der Waals surface area contributed by atoms with Gasteiger partial charge in [0, 0.05) is 28.2 Å². The van der Waals surface area contributed by atoms with Crippen molar-refractivity contribution in [2.75, 3.05) is 6.54 Å². The summed E-state index contributed by atoms with van der Waals surface area (Å²) in [5.41, 5.74) is 0.610. The fraction of sp³-hybridized carbons (Fsp3) is 0.538. The number of halogens is 2. The molecule has 0 bridgehead atoms. The van der Waals surface area contributed by atoms with E-state index in [1.54, 1.807) is 18.5 Å². The number of pyridine rings is 1. The van der Waals surface area contributed by atoms with Gasteiger partial charge in [0.05, 0.1) is 5.56 Å². The molecule has 0 spiro atoms. The SMILES string of the molecule is O=C(NCC1CCC(Br)CC1)c1cncc(Br)c1. The molecule has 0 atom stereocenters. The second-order valence-corrected chi connectivity index (χ2v) is 6.93. The zero-order valence-corrected chi connectivity index (χ0v) is 13.2. The highest BCUT2D eigenvalue weighted by Gasteiger charge is 2.19. The molecule has 0 saturated heterocycles. The Labute approximate surface area is 124 Å². The zero-order valence-electron chi connectivity index (χ0n) is 10.0. The molecule has 1 fully saturated rings. The molecule has 0 radical (unpaired) electrons. The molecule has 1 saturated carbocycles. The Balaban J connectivity index is 1.81. The van der Waals surface area contributed by atoms with E-state index in [9.17, 15) is 4.79 Å². The van der Waals surface area contributed by atoms with Crippen LogP contribution in [-0.4, -0.2) is 22.3 Å². The van der Waals surface area contributed by atoms with Crippen LogP contribution in [0.1, 0.15) is 36.0 Å². The van der Waals surface area contributed by atoms with Crippen molar-refractivity contribution in [3.63, 3.8) is 0 Å². The minimum absolute atomic E-state index is 0.0373. The summed E-state index contributed by atoms with van der Waals surface area (Å²) in [6, 6.07) is 1.79. The van der Waals surface area contributed by atoms with Crippen LogP contribution in [0.4, 0.5) is 0 Å². The Bertz CT molecular complexity index is 417. The molecule has 1 heterocycles. The van der Waals surface area contributed by atoms with E-state index in [4.69, 9.17) is 0 Å². The van der Waals surface area contributed by atoms with Crippen LogP contribution < -0.4 is 5.32 Å². The number of nitrogens with one attached hydrogen (secondary N) is 1. The van der Waals surface area contributed by atoms with Crippen molar-refractivity contribution >= 4 is 37.8 Å². The number of rotatable bonds is 3. The van der Waals surface area contributed by atoms with Gasteiger partial charge in [-0.3, -0.25) is 9.78 Å². The number of carbonyl (C=O) groups excluding carboxylic acids is 1. The third kappa shape index (κ3) is 4.05. The summed E-state index contributed by atoms with van der Waals surface area (Å²) in [4.78, 5) is 16.6. The van der Waals surface area contributed by atoms with Gasteiger partial charge in [-0.15, -0.1) is 0 Å². The van der Waals surface area contributed by atoms with Gasteiger partial charge in [0.25, 0.3) is 5.91 Å². The maximum Gasteiger partial charge on any atom is 0.252 e. The van der Waals surface area contributed by atoms with E-state index in [1.165, 1.54) is 25.7 Å². The van der Waals surface area contributed by atoms with Crippen molar-refractivity contribution < 1.29 is 4.79 Å². The van der Waals surface area contributed by atoms with Crippen LogP contribution in [0.25, 0.3) is 0 Å². The van der Waals surface area contributed by atoms with Crippen LogP contribution in [0.3, 0.4) is 0 Å². The van der Waals surface area contributed by atoms with E-state index in [0.29, 0.717) is 16.3 Å². The van der Waals surface area contributed by atoms with Crippen molar-refractivity contribution in [3.05, 3.63) is 28.5 Å². The van der Waals surface area contributed by atoms with Gasteiger partial charge in [-0.2, -0.15) is 0 Å². The lowest BCUT2D eigenvalue weighted by Gasteiger charge is -2.25. The number of hydrogen-bond acceptors (Lipinski definition) is 2. The second kappa shape index (κ2) is 6.66. The summed E-state index contributed by atoms with van der Waals surface area (Å²) in [5.74, 6) is 0.577. The molecule has 1 aromatic heterocycles. The molecule has 1 aromatic rings. The number of carbonyl (C=O) groups is 1. The molecule has 0 aromatic carbocycles. The first kappa shape index (κ1) is 14.0. The largest absolute Gasteiger partial charge is 0.352 e. The first-order chi connectivity index (χ1) is 8.65. The minimum Gasteiger partial charge on any atom is -0.352 e. The summed E-state index contributed by atoms with van der Waals surface area (Å²) in [6.07, 6.45) is 8.06. The number of hydrogen-bond donors (Lipinski definition) is 1. The highest BCUT2D eigenvalue weighted by molar-refractivity contribution is 9.10. The number of alkyl halides is 1. The Kier molecular flexibility index (Phi) is 5.18. The molecule has 0 unspecified atom stereocenters. The van der Waals surface area contributed by atoms with Crippen LogP contribution in [-0.2, 0) is 0 Å². The first-order valence-corrected chi connectivity index (χ1v) is 7.89. The topological polar surface area (TPSA) is 42.0 Å². The average Bonchev–Trinajstić information content (AvgIpc) is 2.38. The van der Waals surface area contributed by atoms with Crippen LogP contribution in [0.5, 0.6) is 0 Å². The lowest BCUT2D eigenvalue weighted by molar-refractivity contribution is 0.0943. The van der Waals surface area contributed by atoms with E-state index >= 15 is 0 Å². The summed E-state index contributed by atoms with van der Waals surface area (Å²) >= 11 is 6.96. The monoisotopic (exact) mass is 374 g/mol. The van der Waals surface area contributed by atoms with Gasteiger partial charge in [-0.05, 0) is 53.6 Å². The molecule has 1 aliphatic rings. The quantitative estimate of drug-likeness (QED) is 0.821. The normalized spacial score (nSPS) is 23.7. The fourth-order valence-corrected chi connectivity index (χ4v) is 3.09. The van der Waals surface area contributed by atoms with Crippen molar-refractivity contribution in [2.45, 2.75) is 30.5 Å². The van der Waals surface area contributed by atoms with Crippen molar-refractivity contribution in [3.8, 4) is 0 Å². The van der Waals surface area contributed by atoms with Crippen molar-refractivity contribution in [2.24, 2.45) is 5.92 Å². The zero-order chi connectivity index (χ0) is 13.0. The van der Waals surface area contributed by atoms with Crippen LogP contribution in [0.15, 0.2) is 22.9 Å². The van der Waals surface area contributed by atoms with Gasteiger partial charge >= 0.3 is 0 Å². The Morgan fingerprint density at radius 1 is 1.33 bits per heavy atom. The lowest BCUT2D eigenvalue weighted by Crippen LogP contribution is -2.31. The van der Waals surface area contributed by atoms with E-state index in [-0.39, 0.29) is 5.91 Å². The summed E-state index contributed by atoms with van der Waals surface area (Å²) in [6.45, 7) is 0.769. The molecule has 3 nitrogen and oxygen atoms in total. The molecular formula is C13H16Br2N2O. The standard InChI is InChI=1S/C13H16Br2N2O/c14-11-3-1-9(2-4-11)6-17-13(18)10-5-12(15)8-16-7-10/h5,7-9,11H,1-4,6H2,(H,17,18). The van der Waals surface area contributed by atoms with Gasteiger partial charge in [0.1, 0.15) is 0 Å². The van der Waals surface area contributed by atoms with Crippen LogP contribution >= 0.6 is 31.9 Å². The van der Waals surface area contributed by atoms with E-state index in [0.717, 1.165) is 11.0 Å². The second-order valence-electron chi connectivity index (χ2n) is 4.72. The smallest absolute Gasteiger partial charge is 0.252 e. The molecular weight excluding hydrogens is 360 g/mol. The molecule has 1 amide bonds. The summed E-state index contributed by atoms with van der Waals surface area (Å²) in [7, 11) is 0. The van der Waals surface area contributed by atoms with Crippen molar-refractivity contribution in [1.29, 1.82) is 0 Å². The van der Waals surface area contributed by atoms with E-state index < -0.39 is 0 Å². The van der Waals surface area contributed by atoms with Crippen LogP contribution in [0, 0.1) is 5.92 Å². The lowest BCUT2D eigenvalue weighted by atomic mass is 9.89. The Morgan fingerprint density at radius 2 is 2.06 bits per heavy atom. The minimum atomic E-state index is -0.0373. The van der Waals surface area contributed by atoms with Gasteiger partial charge in [-0.25, -0.2) is 0 Å².